The zero-order valence-corrected chi connectivity index (χ0v) is 13.4. The van der Waals surface area contributed by atoms with Gasteiger partial charge in [0.15, 0.2) is 11.5 Å². The van der Waals surface area contributed by atoms with Crippen molar-refractivity contribution in [2.45, 2.75) is 19.9 Å². The summed E-state index contributed by atoms with van der Waals surface area (Å²) in [5, 5.41) is 0. The largest absolute Gasteiger partial charge is 0.493 e. The summed E-state index contributed by atoms with van der Waals surface area (Å²) in [6.07, 6.45) is 0. The molecule has 0 aliphatic heterocycles. The van der Waals surface area contributed by atoms with Gasteiger partial charge >= 0.3 is 0 Å². The van der Waals surface area contributed by atoms with Gasteiger partial charge in [-0.05, 0) is 65.2 Å². The SMILES string of the molecule is COc1cc(C)ccc1Oc1ccc([C@@H](C)N)cc1Br. The van der Waals surface area contributed by atoms with Crippen molar-refractivity contribution in [3.8, 4) is 17.2 Å². The summed E-state index contributed by atoms with van der Waals surface area (Å²) in [6, 6.07) is 11.7. The minimum atomic E-state index is -0.00531. The van der Waals surface area contributed by atoms with Gasteiger partial charge in [-0.3, -0.25) is 0 Å². The van der Waals surface area contributed by atoms with Gasteiger partial charge in [0.05, 0.1) is 11.6 Å². The number of hydrogen-bond acceptors (Lipinski definition) is 3. The molecular weight excluding hydrogens is 318 g/mol. The summed E-state index contributed by atoms with van der Waals surface area (Å²) in [4.78, 5) is 0. The van der Waals surface area contributed by atoms with E-state index in [1.54, 1.807) is 7.11 Å². The molecule has 0 aliphatic rings. The van der Waals surface area contributed by atoms with Crippen LogP contribution in [0.2, 0.25) is 0 Å². The van der Waals surface area contributed by atoms with E-state index in [1.165, 1.54) is 0 Å². The number of methoxy groups -OCH3 is 1. The second-order valence-electron chi connectivity index (χ2n) is 4.73. The average molecular weight is 336 g/mol. The summed E-state index contributed by atoms with van der Waals surface area (Å²) >= 11 is 3.51. The summed E-state index contributed by atoms with van der Waals surface area (Å²) in [5.74, 6) is 2.14. The Labute approximate surface area is 127 Å². The lowest BCUT2D eigenvalue weighted by molar-refractivity contribution is 0.378. The summed E-state index contributed by atoms with van der Waals surface area (Å²) in [7, 11) is 1.63. The maximum Gasteiger partial charge on any atom is 0.169 e. The molecule has 0 unspecified atom stereocenters. The van der Waals surface area contributed by atoms with Gasteiger partial charge in [0.1, 0.15) is 5.75 Å². The first-order chi connectivity index (χ1) is 9.51. The fourth-order valence-corrected chi connectivity index (χ4v) is 2.34. The molecule has 0 saturated heterocycles. The van der Waals surface area contributed by atoms with E-state index in [4.69, 9.17) is 15.2 Å². The summed E-state index contributed by atoms with van der Waals surface area (Å²) in [6.45, 7) is 3.96. The van der Waals surface area contributed by atoms with Crippen LogP contribution in [0, 0.1) is 6.92 Å². The Hall–Kier alpha value is -1.52. The second-order valence-corrected chi connectivity index (χ2v) is 5.59. The molecule has 2 rings (SSSR count). The second kappa shape index (κ2) is 6.29. The third-order valence-corrected chi connectivity index (χ3v) is 3.64. The molecule has 4 heteroatoms. The Bertz CT molecular complexity index is 611. The molecule has 0 fully saturated rings. The van der Waals surface area contributed by atoms with Crippen LogP contribution in [0.3, 0.4) is 0 Å². The molecule has 0 spiro atoms. The molecule has 0 saturated carbocycles. The minimum absolute atomic E-state index is 0.00531. The molecule has 3 nitrogen and oxygen atoms in total. The minimum Gasteiger partial charge on any atom is -0.493 e. The van der Waals surface area contributed by atoms with Crippen LogP contribution in [-0.4, -0.2) is 7.11 Å². The van der Waals surface area contributed by atoms with Crippen molar-refractivity contribution in [3.05, 3.63) is 52.0 Å². The zero-order chi connectivity index (χ0) is 14.7. The molecule has 1 atom stereocenters. The van der Waals surface area contributed by atoms with Crippen molar-refractivity contribution in [2.75, 3.05) is 7.11 Å². The highest BCUT2D eigenvalue weighted by Gasteiger charge is 2.10. The van der Waals surface area contributed by atoms with E-state index < -0.39 is 0 Å². The lowest BCUT2D eigenvalue weighted by atomic mass is 10.1. The molecule has 0 bridgehead atoms. The van der Waals surface area contributed by atoms with Crippen LogP contribution in [0.15, 0.2) is 40.9 Å². The Morgan fingerprint density at radius 3 is 2.35 bits per heavy atom. The van der Waals surface area contributed by atoms with Gasteiger partial charge in [-0.2, -0.15) is 0 Å². The van der Waals surface area contributed by atoms with Gasteiger partial charge in [0, 0.05) is 6.04 Å². The molecule has 2 aromatic carbocycles. The fraction of sp³-hybridized carbons (Fsp3) is 0.250. The summed E-state index contributed by atoms with van der Waals surface area (Å²) in [5.41, 5.74) is 8.05. The Morgan fingerprint density at radius 1 is 1.05 bits per heavy atom. The van der Waals surface area contributed by atoms with Gasteiger partial charge < -0.3 is 15.2 Å². The number of ether oxygens (including phenoxy) is 2. The molecule has 20 heavy (non-hydrogen) atoms. The van der Waals surface area contributed by atoms with Crippen molar-refractivity contribution in [2.24, 2.45) is 5.73 Å². The van der Waals surface area contributed by atoms with E-state index in [0.29, 0.717) is 11.5 Å². The first-order valence-corrected chi connectivity index (χ1v) is 7.18. The summed E-state index contributed by atoms with van der Waals surface area (Å²) < 4.78 is 12.1. The van der Waals surface area contributed by atoms with Crippen LogP contribution < -0.4 is 15.2 Å². The van der Waals surface area contributed by atoms with Gasteiger partial charge in [0.25, 0.3) is 0 Å². The number of aryl methyl sites for hydroxylation is 1. The molecule has 106 valence electrons. The van der Waals surface area contributed by atoms with Gasteiger partial charge in [0.2, 0.25) is 0 Å². The number of hydrogen-bond donors (Lipinski definition) is 1. The van der Waals surface area contributed by atoms with Gasteiger partial charge in [-0.25, -0.2) is 0 Å². The van der Waals surface area contributed by atoms with Crippen LogP contribution in [0.4, 0.5) is 0 Å². The van der Waals surface area contributed by atoms with E-state index in [-0.39, 0.29) is 6.04 Å². The molecule has 0 radical (unpaired) electrons. The predicted octanol–water partition coefficient (Wildman–Crippen LogP) is 4.58. The lowest BCUT2D eigenvalue weighted by Crippen LogP contribution is -2.04. The highest BCUT2D eigenvalue weighted by molar-refractivity contribution is 9.10. The lowest BCUT2D eigenvalue weighted by Gasteiger charge is -2.13. The first-order valence-electron chi connectivity index (χ1n) is 6.39. The van der Waals surface area contributed by atoms with Crippen molar-refractivity contribution in [3.63, 3.8) is 0 Å². The monoisotopic (exact) mass is 335 g/mol. The molecule has 2 N–H and O–H groups in total. The highest BCUT2D eigenvalue weighted by Crippen LogP contribution is 2.36. The van der Waals surface area contributed by atoms with Crippen molar-refractivity contribution in [1.82, 2.24) is 0 Å². The first kappa shape index (κ1) is 14.9. The van der Waals surface area contributed by atoms with Crippen LogP contribution >= 0.6 is 15.9 Å². The fourth-order valence-electron chi connectivity index (χ4n) is 1.86. The molecule has 2 aromatic rings. The quantitative estimate of drug-likeness (QED) is 0.889. The molecule has 0 amide bonds. The average Bonchev–Trinajstić information content (AvgIpc) is 2.42. The Kier molecular flexibility index (Phi) is 4.68. The molecule has 0 heterocycles. The highest BCUT2D eigenvalue weighted by atomic mass is 79.9. The molecule has 0 aromatic heterocycles. The van der Waals surface area contributed by atoms with Crippen molar-refractivity contribution >= 4 is 15.9 Å². The van der Waals surface area contributed by atoms with E-state index in [2.05, 4.69) is 15.9 Å². The third-order valence-electron chi connectivity index (χ3n) is 3.02. The topological polar surface area (TPSA) is 44.5 Å². The number of nitrogens with two attached hydrogens (primary N) is 1. The van der Waals surface area contributed by atoms with Crippen LogP contribution in [0.1, 0.15) is 24.1 Å². The Morgan fingerprint density at radius 2 is 1.75 bits per heavy atom. The standard InChI is InChI=1S/C16H18BrNO2/c1-10-4-6-15(16(8-10)19-3)20-14-7-5-12(11(2)18)9-13(14)17/h4-9,11H,18H2,1-3H3/t11-/m1/s1. The normalized spacial score (nSPS) is 12.1. The van der Waals surface area contributed by atoms with Crippen LogP contribution in [-0.2, 0) is 0 Å². The van der Waals surface area contributed by atoms with Crippen molar-refractivity contribution in [1.29, 1.82) is 0 Å². The molecule has 0 aliphatic carbocycles. The maximum absolute atomic E-state index is 5.91. The molecular formula is C16H18BrNO2. The van der Waals surface area contributed by atoms with E-state index >= 15 is 0 Å². The number of benzene rings is 2. The van der Waals surface area contributed by atoms with Gasteiger partial charge in [-0.1, -0.05) is 12.1 Å². The zero-order valence-electron chi connectivity index (χ0n) is 11.8. The van der Waals surface area contributed by atoms with Crippen LogP contribution in [0.5, 0.6) is 17.2 Å². The number of rotatable bonds is 4. The van der Waals surface area contributed by atoms with E-state index in [1.807, 2.05) is 50.2 Å². The number of halogens is 1. The van der Waals surface area contributed by atoms with E-state index in [9.17, 15) is 0 Å². The van der Waals surface area contributed by atoms with Gasteiger partial charge in [-0.15, -0.1) is 0 Å². The van der Waals surface area contributed by atoms with Crippen molar-refractivity contribution < 1.29 is 9.47 Å². The predicted molar refractivity (Wildman–Crippen MR) is 84.5 cm³/mol. The maximum atomic E-state index is 5.91. The Balaban J connectivity index is 2.30. The van der Waals surface area contributed by atoms with E-state index in [0.717, 1.165) is 21.3 Å². The third kappa shape index (κ3) is 3.32. The van der Waals surface area contributed by atoms with Crippen LogP contribution in [0.25, 0.3) is 0 Å². The smallest absolute Gasteiger partial charge is 0.169 e.